The highest BCUT2D eigenvalue weighted by Gasteiger charge is 2.35. The molecule has 0 spiro atoms. The minimum absolute atomic E-state index is 0.380. The molecule has 0 radical (unpaired) electrons. The molecule has 2 aliphatic carbocycles. The molecule has 3 aliphatic rings. The van der Waals surface area contributed by atoms with Gasteiger partial charge < -0.3 is 15.3 Å². The normalized spacial score (nSPS) is 33.4. The van der Waals surface area contributed by atoms with Crippen LogP contribution in [0.5, 0.6) is 0 Å². The lowest BCUT2D eigenvalue weighted by atomic mass is 10.0. The van der Waals surface area contributed by atoms with Crippen LogP contribution in [0.4, 0.5) is 0 Å². The molecule has 1 heterocycles. The maximum Gasteiger partial charge on any atom is 0.0771 e. The van der Waals surface area contributed by atoms with Crippen molar-refractivity contribution in [3.05, 3.63) is 0 Å². The molecule has 3 rings (SSSR count). The predicted octanol–water partition coefficient (Wildman–Crippen LogP) is 1.37. The quantitative estimate of drug-likeness (QED) is 0.759. The Balaban J connectivity index is 1.34. The molecule has 0 amide bonds. The average molecular weight is 238 g/mol. The lowest BCUT2D eigenvalue weighted by molar-refractivity contribution is 0.0470. The van der Waals surface area contributed by atoms with E-state index in [9.17, 15) is 5.11 Å². The van der Waals surface area contributed by atoms with Gasteiger partial charge in [-0.15, -0.1) is 0 Å². The van der Waals surface area contributed by atoms with Crippen molar-refractivity contribution in [2.45, 2.75) is 56.6 Å². The maximum atomic E-state index is 10.2. The first-order chi connectivity index (χ1) is 8.25. The molecular formula is C14H26N2O. The number of aliphatic hydroxyl groups is 1. The Morgan fingerprint density at radius 2 is 1.94 bits per heavy atom. The van der Waals surface area contributed by atoms with Crippen LogP contribution in [-0.2, 0) is 0 Å². The number of likely N-dealkylation sites (tertiary alicyclic amines) is 1. The van der Waals surface area contributed by atoms with Gasteiger partial charge in [0.25, 0.3) is 0 Å². The van der Waals surface area contributed by atoms with Crippen molar-refractivity contribution >= 4 is 0 Å². The van der Waals surface area contributed by atoms with Crippen molar-refractivity contribution in [2.75, 3.05) is 26.2 Å². The van der Waals surface area contributed by atoms with Gasteiger partial charge in [-0.1, -0.05) is 12.8 Å². The Bertz CT molecular complexity index is 259. The smallest absolute Gasteiger partial charge is 0.0771 e. The fraction of sp³-hybridized carbons (Fsp3) is 1.00. The second kappa shape index (κ2) is 4.87. The lowest BCUT2D eigenvalue weighted by Gasteiger charge is -2.23. The average Bonchev–Trinajstić information content (AvgIpc) is 2.91. The maximum absolute atomic E-state index is 10.2. The van der Waals surface area contributed by atoms with E-state index < -0.39 is 0 Å². The second-order valence-electron chi connectivity index (χ2n) is 6.44. The topological polar surface area (TPSA) is 35.5 Å². The fourth-order valence-electron chi connectivity index (χ4n) is 3.52. The number of nitrogens with one attached hydrogen (secondary N) is 1. The van der Waals surface area contributed by atoms with Crippen LogP contribution < -0.4 is 5.32 Å². The molecule has 3 fully saturated rings. The fourth-order valence-corrected chi connectivity index (χ4v) is 3.52. The zero-order valence-corrected chi connectivity index (χ0v) is 10.8. The van der Waals surface area contributed by atoms with E-state index in [1.807, 2.05) is 0 Å². The van der Waals surface area contributed by atoms with Gasteiger partial charge in [0, 0.05) is 19.1 Å². The van der Waals surface area contributed by atoms with Crippen molar-refractivity contribution in [3.8, 4) is 0 Å². The summed E-state index contributed by atoms with van der Waals surface area (Å²) in [7, 11) is 0. The Morgan fingerprint density at radius 3 is 2.65 bits per heavy atom. The van der Waals surface area contributed by atoms with E-state index in [4.69, 9.17) is 0 Å². The van der Waals surface area contributed by atoms with E-state index in [-0.39, 0.29) is 5.60 Å². The third-order valence-corrected chi connectivity index (χ3v) is 4.80. The summed E-state index contributed by atoms with van der Waals surface area (Å²) in [6.07, 6.45) is 8.62. The SMILES string of the molecule is OC1(CNCC2CCN(C3CC3)C2)CCCC1. The summed E-state index contributed by atoms with van der Waals surface area (Å²) >= 11 is 0. The van der Waals surface area contributed by atoms with Gasteiger partial charge >= 0.3 is 0 Å². The summed E-state index contributed by atoms with van der Waals surface area (Å²) in [6, 6.07) is 0.930. The third kappa shape index (κ3) is 3.01. The van der Waals surface area contributed by atoms with E-state index in [1.165, 1.54) is 45.2 Å². The van der Waals surface area contributed by atoms with E-state index >= 15 is 0 Å². The molecule has 0 aromatic heterocycles. The number of hydrogen-bond donors (Lipinski definition) is 2. The molecule has 1 unspecified atom stereocenters. The Labute approximate surface area is 105 Å². The number of rotatable bonds is 5. The van der Waals surface area contributed by atoms with Crippen LogP contribution in [0.2, 0.25) is 0 Å². The summed E-state index contributed by atoms with van der Waals surface area (Å²) in [6.45, 7) is 4.51. The second-order valence-corrected chi connectivity index (χ2v) is 6.44. The predicted molar refractivity (Wildman–Crippen MR) is 69.0 cm³/mol. The van der Waals surface area contributed by atoms with Crippen molar-refractivity contribution in [2.24, 2.45) is 5.92 Å². The molecule has 17 heavy (non-hydrogen) atoms. The molecular weight excluding hydrogens is 212 g/mol. The summed E-state index contributed by atoms with van der Waals surface area (Å²) in [5.74, 6) is 0.820. The van der Waals surface area contributed by atoms with Gasteiger partial charge in [0.2, 0.25) is 0 Å². The van der Waals surface area contributed by atoms with E-state index in [1.54, 1.807) is 0 Å². The van der Waals surface area contributed by atoms with Gasteiger partial charge in [-0.05, 0) is 51.1 Å². The van der Waals surface area contributed by atoms with Crippen LogP contribution in [-0.4, -0.2) is 47.8 Å². The molecule has 0 aromatic rings. The molecule has 2 N–H and O–H groups in total. The van der Waals surface area contributed by atoms with Crippen LogP contribution in [0.15, 0.2) is 0 Å². The van der Waals surface area contributed by atoms with Gasteiger partial charge in [0.05, 0.1) is 5.60 Å². The van der Waals surface area contributed by atoms with E-state index in [2.05, 4.69) is 10.2 Å². The molecule has 2 saturated carbocycles. The molecule has 1 aliphatic heterocycles. The highest BCUT2D eigenvalue weighted by atomic mass is 16.3. The first kappa shape index (κ1) is 11.9. The van der Waals surface area contributed by atoms with Gasteiger partial charge in [-0.2, -0.15) is 0 Å². The zero-order valence-electron chi connectivity index (χ0n) is 10.8. The molecule has 1 saturated heterocycles. The first-order valence-electron chi connectivity index (χ1n) is 7.42. The summed E-state index contributed by atoms with van der Waals surface area (Å²) < 4.78 is 0. The monoisotopic (exact) mass is 238 g/mol. The highest BCUT2D eigenvalue weighted by Crippen LogP contribution is 2.32. The minimum atomic E-state index is -0.380. The summed E-state index contributed by atoms with van der Waals surface area (Å²) in [5.41, 5.74) is -0.380. The van der Waals surface area contributed by atoms with Crippen LogP contribution >= 0.6 is 0 Å². The van der Waals surface area contributed by atoms with Crippen LogP contribution in [0, 0.1) is 5.92 Å². The van der Waals surface area contributed by atoms with E-state index in [0.29, 0.717) is 0 Å². The minimum Gasteiger partial charge on any atom is -0.389 e. The van der Waals surface area contributed by atoms with Crippen LogP contribution in [0.3, 0.4) is 0 Å². The van der Waals surface area contributed by atoms with Crippen molar-refractivity contribution in [3.63, 3.8) is 0 Å². The Morgan fingerprint density at radius 1 is 1.18 bits per heavy atom. The van der Waals surface area contributed by atoms with Crippen LogP contribution in [0.1, 0.15) is 44.9 Å². The molecule has 3 heteroatoms. The standard InChI is InChI=1S/C14H26N2O/c17-14(6-1-2-7-14)11-15-9-12-5-8-16(10-12)13-3-4-13/h12-13,15,17H,1-11H2. The Kier molecular flexibility index (Phi) is 3.42. The molecule has 3 nitrogen and oxygen atoms in total. The Hall–Kier alpha value is -0.120. The summed E-state index contributed by atoms with van der Waals surface area (Å²) in [4.78, 5) is 2.66. The van der Waals surface area contributed by atoms with Crippen LogP contribution in [0.25, 0.3) is 0 Å². The molecule has 0 aromatic carbocycles. The van der Waals surface area contributed by atoms with E-state index in [0.717, 1.165) is 37.9 Å². The number of nitrogens with zero attached hydrogens (tertiary/aromatic N) is 1. The summed E-state index contributed by atoms with van der Waals surface area (Å²) in [5, 5.41) is 13.8. The van der Waals surface area contributed by atoms with Crippen molar-refractivity contribution in [1.82, 2.24) is 10.2 Å². The van der Waals surface area contributed by atoms with Crippen molar-refractivity contribution < 1.29 is 5.11 Å². The zero-order chi connectivity index (χ0) is 11.7. The highest BCUT2D eigenvalue weighted by molar-refractivity contribution is 4.91. The molecule has 0 bridgehead atoms. The van der Waals surface area contributed by atoms with Gasteiger partial charge in [0.15, 0.2) is 0 Å². The lowest BCUT2D eigenvalue weighted by Crippen LogP contribution is -2.40. The van der Waals surface area contributed by atoms with Gasteiger partial charge in [-0.3, -0.25) is 0 Å². The van der Waals surface area contributed by atoms with Crippen molar-refractivity contribution in [1.29, 1.82) is 0 Å². The van der Waals surface area contributed by atoms with Gasteiger partial charge in [-0.25, -0.2) is 0 Å². The third-order valence-electron chi connectivity index (χ3n) is 4.80. The van der Waals surface area contributed by atoms with Gasteiger partial charge in [0.1, 0.15) is 0 Å². The molecule has 1 atom stereocenters. The number of hydrogen-bond acceptors (Lipinski definition) is 3. The first-order valence-corrected chi connectivity index (χ1v) is 7.42. The molecule has 98 valence electrons. The largest absolute Gasteiger partial charge is 0.389 e.